The van der Waals surface area contributed by atoms with Gasteiger partial charge in [0.2, 0.25) is 0 Å². The molecule has 0 saturated heterocycles. The topological polar surface area (TPSA) is 15.3 Å². The molecule has 0 spiro atoms. The summed E-state index contributed by atoms with van der Waals surface area (Å²) in [6.45, 7) is 0.835. The fraction of sp³-hybridized carbons (Fsp3) is 0.250. The van der Waals surface area contributed by atoms with Crippen molar-refractivity contribution in [2.45, 2.75) is 6.54 Å². The number of anilines is 1. The Hall–Kier alpha value is -1.51. The van der Waals surface area contributed by atoms with Gasteiger partial charge in [0, 0.05) is 31.4 Å². The summed E-state index contributed by atoms with van der Waals surface area (Å²) in [5.74, 6) is 0. The first kappa shape index (κ1) is 13.9. The average Bonchev–Trinajstić information content (AvgIpc) is 2.41. The smallest absolute Gasteiger partial charge is 0.0412 e. The van der Waals surface area contributed by atoms with Crippen molar-refractivity contribution in [3.63, 3.8) is 0 Å². The van der Waals surface area contributed by atoms with Gasteiger partial charge in [-0.05, 0) is 48.0 Å². The molecule has 3 heteroatoms. The Morgan fingerprint density at radius 3 is 2.32 bits per heavy atom. The van der Waals surface area contributed by atoms with E-state index in [2.05, 4.69) is 40.5 Å². The van der Waals surface area contributed by atoms with Crippen molar-refractivity contribution in [3.05, 3.63) is 53.1 Å². The van der Waals surface area contributed by atoms with Gasteiger partial charge in [-0.15, -0.1) is 0 Å². The molecule has 2 aromatic carbocycles. The lowest BCUT2D eigenvalue weighted by Gasteiger charge is -2.14. The third-order valence-electron chi connectivity index (χ3n) is 3.13. The van der Waals surface area contributed by atoms with Crippen LogP contribution in [0.25, 0.3) is 11.1 Å². The van der Waals surface area contributed by atoms with Crippen molar-refractivity contribution in [2.75, 3.05) is 26.0 Å². The number of hydrogen-bond donors (Lipinski definition) is 1. The van der Waals surface area contributed by atoms with E-state index in [0.717, 1.165) is 11.6 Å². The maximum absolute atomic E-state index is 6.12. The van der Waals surface area contributed by atoms with Crippen LogP contribution in [0.1, 0.15) is 5.56 Å². The predicted molar refractivity (Wildman–Crippen MR) is 84.0 cm³/mol. The fourth-order valence-corrected chi connectivity index (χ4v) is 2.27. The molecule has 0 radical (unpaired) electrons. The molecular weight excluding hydrogens is 256 g/mol. The van der Waals surface area contributed by atoms with E-state index in [9.17, 15) is 0 Å². The van der Waals surface area contributed by atoms with Crippen LogP contribution in [0, 0.1) is 0 Å². The van der Waals surface area contributed by atoms with Crippen molar-refractivity contribution in [1.29, 1.82) is 0 Å². The standard InChI is InChI=1S/C16H19ClN2/c1-18-11-13-4-7-14(17)10-16(13)12-5-8-15(9-6-12)19(2)3/h4-10,18H,11H2,1-3H3. The average molecular weight is 275 g/mol. The van der Waals surface area contributed by atoms with Gasteiger partial charge in [-0.3, -0.25) is 0 Å². The van der Waals surface area contributed by atoms with Crippen LogP contribution in [0.5, 0.6) is 0 Å². The summed E-state index contributed by atoms with van der Waals surface area (Å²) in [4.78, 5) is 2.09. The highest BCUT2D eigenvalue weighted by molar-refractivity contribution is 6.30. The quantitative estimate of drug-likeness (QED) is 0.912. The van der Waals surface area contributed by atoms with E-state index < -0.39 is 0 Å². The fourth-order valence-electron chi connectivity index (χ4n) is 2.10. The van der Waals surface area contributed by atoms with Gasteiger partial charge in [0.15, 0.2) is 0 Å². The molecular formula is C16H19ClN2. The van der Waals surface area contributed by atoms with E-state index >= 15 is 0 Å². The monoisotopic (exact) mass is 274 g/mol. The number of hydrogen-bond acceptors (Lipinski definition) is 2. The largest absolute Gasteiger partial charge is 0.378 e. The maximum atomic E-state index is 6.12. The number of benzene rings is 2. The molecule has 100 valence electrons. The minimum atomic E-state index is 0.770. The van der Waals surface area contributed by atoms with Gasteiger partial charge in [-0.2, -0.15) is 0 Å². The van der Waals surface area contributed by atoms with Crippen LogP contribution in [-0.2, 0) is 6.54 Å². The molecule has 2 rings (SSSR count). The SMILES string of the molecule is CNCc1ccc(Cl)cc1-c1ccc(N(C)C)cc1. The summed E-state index contributed by atoms with van der Waals surface area (Å²) < 4.78 is 0. The normalized spacial score (nSPS) is 10.5. The summed E-state index contributed by atoms with van der Waals surface area (Å²) in [5, 5.41) is 3.96. The van der Waals surface area contributed by atoms with Crippen LogP contribution in [0.4, 0.5) is 5.69 Å². The molecule has 0 heterocycles. The van der Waals surface area contributed by atoms with Gasteiger partial charge in [0.1, 0.15) is 0 Å². The highest BCUT2D eigenvalue weighted by Crippen LogP contribution is 2.28. The van der Waals surface area contributed by atoms with E-state index in [1.807, 2.05) is 33.3 Å². The van der Waals surface area contributed by atoms with E-state index in [0.29, 0.717) is 0 Å². The summed E-state index contributed by atoms with van der Waals surface area (Å²) in [6, 6.07) is 14.6. The van der Waals surface area contributed by atoms with Crippen molar-refractivity contribution in [3.8, 4) is 11.1 Å². The minimum Gasteiger partial charge on any atom is -0.378 e. The summed E-state index contributed by atoms with van der Waals surface area (Å²) >= 11 is 6.12. The lowest BCUT2D eigenvalue weighted by atomic mass is 9.99. The highest BCUT2D eigenvalue weighted by Gasteiger charge is 2.06. The zero-order valence-electron chi connectivity index (χ0n) is 11.6. The zero-order valence-corrected chi connectivity index (χ0v) is 12.3. The Morgan fingerprint density at radius 1 is 1.05 bits per heavy atom. The third-order valence-corrected chi connectivity index (χ3v) is 3.37. The number of nitrogens with one attached hydrogen (secondary N) is 1. The first-order valence-corrected chi connectivity index (χ1v) is 6.70. The predicted octanol–water partition coefficient (Wildman–Crippen LogP) is 3.79. The molecule has 2 aromatic rings. The van der Waals surface area contributed by atoms with Crippen LogP contribution in [-0.4, -0.2) is 21.1 Å². The molecule has 0 aliphatic carbocycles. The van der Waals surface area contributed by atoms with Crippen molar-refractivity contribution in [1.82, 2.24) is 5.32 Å². The van der Waals surface area contributed by atoms with Crippen LogP contribution in [0.15, 0.2) is 42.5 Å². The Bertz CT molecular complexity index is 547. The molecule has 0 unspecified atom stereocenters. The first-order valence-electron chi connectivity index (χ1n) is 6.32. The van der Waals surface area contributed by atoms with E-state index in [1.165, 1.54) is 22.4 Å². The van der Waals surface area contributed by atoms with Crippen molar-refractivity contribution in [2.24, 2.45) is 0 Å². The van der Waals surface area contributed by atoms with Gasteiger partial charge in [-0.25, -0.2) is 0 Å². The Balaban J connectivity index is 2.42. The van der Waals surface area contributed by atoms with Crippen molar-refractivity contribution >= 4 is 17.3 Å². The first-order chi connectivity index (χ1) is 9.11. The van der Waals surface area contributed by atoms with Gasteiger partial charge in [0.25, 0.3) is 0 Å². The second-order valence-corrected chi connectivity index (χ2v) is 5.21. The molecule has 1 N–H and O–H groups in total. The second-order valence-electron chi connectivity index (χ2n) is 4.77. The molecule has 0 aromatic heterocycles. The Labute approximate surface area is 120 Å². The number of halogens is 1. The summed E-state index contributed by atoms with van der Waals surface area (Å²) in [6.07, 6.45) is 0. The van der Waals surface area contributed by atoms with Gasteiger partial charge in [0.05, 0.1) is 0 Å². The van der Waals surface area contributed by atoms with E-state index in [1.54, 1.807) is 0 Å². The van der Waals surface area contributed by atoms with Crippen LogP contribution >= 0.6 is 11.6 Å². The second kappa shape index (κ2) is 6.09. The molecule has 0 fully saturated rings. The number of rotatable bonds is 4. The molecule has 2 nitrogen and oxygen atoms in total. The molecule has 0 saturated carbocycles. The lowest BCUT2D eigenvalue weighted by molar-refractivity contribution is 0.819. The Kier molecular flexibility index (Phi) is 4.46. The van der Waals surface area contributed by atoms with Gasteiger partial charge >= 0.3 is 0 Å². The van der Waals surface area contributed by atoms with Crippen LogP contribution in [0.2, 0.25) is 5.02 Å². The molecule has 0 aliphatic rings. The van der Waals surface area contributed by atoms with Gasteiger partial charge in [-0.1, -0.05) is 29.8 Å². The molecule has 0 atom stereocenters. The number of nitrogens with zero attached hydrogens (tertiary/aromatic N) is 1. The molecule has 0 aliphatic heterocycles. The van der Waals surface area contributed by atoms with Crippen LogP contribution in [0.3, 0.4) is 0 Å². The Morgan fingerprint density at radius 2 is 1.74 bits per heavy atom. The van der Waals surface area contributed by atoms with Crippen molar-refractivity contribution < 1.29 is 0 Å². The molecule has 0 bridgehead atoms. The van der Waals surface area contributed by atoms with E-state index in [-0.39, 0.29) is 0 Å². The zero-order chi connectivity index (χ0) is 13.8. The lowest BCUT2D eigenvalue weighted by Crippen LogP contribution is -2.08. The maximum Gasteiger partial charge on any atom is 0.0412 e. The molecule has 19 heavy (non-hydrogen) atoms. The molecule has 0 amide bonds. The third kappa shape index (κ3) is 3.28. The minimum absolute atomic E-state index is 0.770. The summed E-state index contributed by atoms with van der Waals surface area (Å²) in [7, 11) is 6.04. The highest BCUT2D eigenvalue weighted by atomic mass is 35.5. The van der Waals surface area contributed by atoms with E-state index in [4.69, 9.17) is 11.6 Å². The van der Waals surface area contributed by atoms with Crippen LogP contribution < -0.4 is 10.2 Å². The van der Waals surface area contributed by atoms with Gasteiger partial charge < -0.3 is 10.2 Å². The summed E-state index contributed by atoms with van der Waals surface area (Å²) in [5.41, 5.74) is 4.83.